The van der Waals surface area contributed by atoms with Crippen LogP contribution in [0.15, 0.2) is 24.3 Å². The van der Waals surface area contributed by atoms with Gasteiger partial charge in [-0.3, -0.25) is 9.59 Å². The number of aliphatic hydroxyl groups is 1. The minimum Gasteiger partial charge on any atom is -0.396 e. The fraction of sp³-hybridized carbons (Fsp3) is 0.619. The molecule has 26 heavy (non-hydrogen) atoms. The van der Waals surface area contributed by atoms with Crippen LogP contribution >= 0.6 is 0 Å². The minimum absolute atomic E-state index is 0.0339. The molecule has 0 aromatic heterocycles. The van der Waals surface area contributed by atoms with E-state index in [2.05, 4.69) is 4.90 Å². The Labute approximate surface area is 156 Å². The van der Waals surface area contributed by atoms with Crippen molar-refractivity contribution in [3.05, 3.63) is 35.4 Å². The largest absolute Gasteiger partial charge is 0.396 e. The number of likely N-dealkylation sites (tertiary alicyclic amines) is 2. The number of carbonyl (C=O) groups is 2. The van der Waals surface area contributed by atoms with Crippen molar-refractivity contribution in [1.29, 1.82) is 0 Å². The van der Waals surface area contributed by atoms with Crippen molar-refractivity contribution in [1.82, 2.24) is 9.80 Å². The van der Waals surface area contributed by atoms with Crippen LogP contribution < -0.4 is 0 Å². The number of nitrogens with zero attached hydrogens (tertiary/aromatic N) is 2. The third-order valence-electron chi connectivity index (χ3n) is 5.81. The second-order valence-electron chi connectivity index (χ2n) is 7.76. The lowest BCUT2D eigenvalue weighted by molar-refractivity contribution is 0.0779. The van der Waals surface area contributed by atoms with Crippen LogP contribution in [0.4, 0.5) is 0 Å². The van der Waals surface area contributed by atoms with Gasteiger partial charge in [-0.25, -0.2) is 0 Å². The summed E-state index contributed by atoms with van der Waals surface area (Å²) < 4.78 is 0. The van der Waals surface area contributed by atoms with Crippen LogP contribution in [0.25, 0.3) is 0 Å². The normalized spacial score (nSPS) is 24.5. The molecule has 0 radical (unpaired) electrons. The summed E-state index contributed by atoms with van der Waals surface area (Å²) in [7, 11) is 0. The average molecular weight is 358 g/mol. The van der Waals surface area contributed by atoms with E-state index in [1.165, 1.54) is 32.6 Å². The van der Waals surface area contributed by atoms with Crippen LogP contribution in [0, 0.1) is 11.8 Å². The van der Waals surface area contributed by atoms with Crippen molar-refractivity contribution in [2.24, 2.45) is 11.8 Å². The first kappa shape index (κ1) is 19.1. The maximum Gasteiger partial charge on any atom is 0.253 e. The smallest absolute Gasteiger partial charge is 0.253 e. The number of hydrogen-bond donors (Lipinski definition) is 1. The highest BCUT2D eigenvalue weighted by Gasteiger charge is 2.36. The molecule has 2 fully saturated rings. The van der Waals surface area contributed by atoms with Gasteiger partial charge in [-0.15, -0.1) is 0 Å². The van der Waals surface area contributed by atoms with Gasteiger partial charge in [0.25, 0.3) is 5.91 Å². The van der Waals surface area contributed by atoms with E-state index >= 15 is 0 Å². The van der Waals surface area contributed by atoms with Crippen LogP contribution in [0.5, 0.6) is 0 Å². The molecule has 1 N–H and O–H groups in total. The zero-order valence-corrected chi connectivity index (χ0v) is 15.7. The zero-order valence-electron chi connectivity index (χ0n) is 15.7. The lowest BCUT2D eigenvalue weighted by Gasteiger charge is -2.26. The molecule has 1 aromatic rings. The second-order valence-corrected chi connectivity index (χ2v) is 7.76. The monoisotopic (exact) mass is 358 g/mol. The predicted molar refractivity (Wildman–Crippen MR) is 101 cm³/mol. The molecule has 1 amide bonds. The molecular formula is C21H30N2O3. The Hall–Kier alpha value is -1.72. The molecule has 0 saturated carbocycles. The quantitative estimate of drug-likeness (QED) is 0.822. The van der Waals surface area contributed by atoms with Crippen molar-refractivity contribution in [3.8, 4) is 0 Å². The van der Waals surface area contributed by atoms with E-state index in [0.717, 1.165) is 19.6 Å². The average Bonchev–Trinajstić information content (AvgIpc) is 2.87. The summed E-state index contributed by atoms with van der Waals surface area (Å²) in [6.45, 7) is 6.13. The van der Waals surface area contributed by atoms with Gasteiger partial charge in [-0.05, 0) is 50.9 Å². The van der Waals surface area contributed by atoms with Gasteiger partial charge in [0, 0.05) is 43.3 Å². The van der Waals surface area contributed by atoms with Gasteiger partial charge in [0.05, 0.1) is 0 Å². The van der Waals surface area contributed by atoms with Crippen LogP contribution in [0.2, 0.25) is 0 Å². The molecule has 2 heterocycles. The molecular weight excluding hydrogens is 328 g/mol. The number of carbonyl (C=O) groups excluding carboxylic acids is 2. The maximum absolute atomic E-state index is 12.9. The molecule has 1 aromatic carbocycles. The summed E-state index contributed by atoms with van der Waals surface area (Å²) in [5.74, 6) is 0.384. The van der Waals surface area contributed by atoms with Crippen molar-refractivity contribution in [2.75, 3.05) is 39.3 Å². The second kappa shape index (κ2) is 8.78. The highest BCUT2D eigenvalue weighted by molar-refractivity contribution is 5.99. The third-order valence-corrected chi connectivity index (χ3v) is 5.81. The molecule has 5 heteroatoms. The molecule has 2 atom stereocenters. The van der Waals surface area contributed by atoms with Crippen LogP contribution in [0.3, 0.4) is 0 Å². The third kappa shape index (κ3) is 4.51. The molecule has 2 aliphatic rings. The molecule has 2 saturated heterocycles. The van der Waals surface area contributed by atoms with Gasteiger partial charge < -0.3 is 14.9 Å². The van der Waals surface area contributed by atoms with Gasteiger partial charge in [0.15, 0.2) is 5.78 Å². The fourth-order valence-corrected chi connectivity index (χ4v) is 4.22. The summed E-state index contributed by atoms with van der Waals surface area (Å²) in [5.41, 5.74) is 1.12. The number of ketones is 1. The highest BCUT2D eigenvalue weighted by Crippen LogP contribution is 2.26. The van der Waals surface area contributed by atoms with E-state index in [0.29, 0.717) is 30.1 Å². The topological polar surface area (TPSA) is 60.9 Å². The standard InChI is InChI=1S/C21H30N2O3/c1-16(25)17-7-6-8-18(11-17)21(26)23-13-19(20(14-23)15-24)12-22-9-4-2-3-5-10-22/h6-8,11,19-20,24H,2-5,9-10,12-15H2,1H3/t19-,20-/m1/s1. The number of rotatable bonds is 5. The Kier molecular flexibility index (Phi) is 6.43. The van der Waals surface area contributed by atoms with Crippen molar-refractivity contribution < 1.29 is 14.7 Å². The number of Topliss-reactive ketones (excluding diaryl/α,β-unsaturated/α-hetero) is 1. The number of hydrogen-bond acceptors (Lipinski definition) is 4. The van der Waals surface area contributed by atoms with E-state index in [4.69, 9.17) is 0 Å². The Balaban J connectivity index is 1.66. The molecule has 0 aliphatic carbocycles. The van der Waals surface area contributed by atoms with Gasteiger partial charge in [0.2, 0.25) is 0 Å². The first-order chi connectivity index (χ1) is 12.6. The first-order valence-electron chi connectivity index (χ1n) is 9.82. The highest BCUT2D eigenvalue weighted by atomic mass is 16.3. The summed E-state index contributed by atoms with van der Waals surface area (Å²) in [5, 5.41) is 9.81. The van der Waals surface area contributed by atoms with Crippen LogP contribution in [0.1, 0.15) is 53.3 Å². The molecule has 0 spiro atoms. The molecule has 3 rings (SSSR count). The van der Waals surface area contributed by atoms with Gasteiger partial charge in [-0.2, -0.15) is 0 Å². The van der Waals surface area contributed by atoms with Gasteiger partial charge >= 0.3 is 0 Å². The Morgan fingerprint density at radius 1 is 1.04 bits per heavy atom. The lowest BCUT2D eigenvalue weighted by atomic mass is 9.96. The molecule has 5 nitrogen and oxygen atoms in total. The Morgan fingerprint density at radius 2 is 1.69 bits per heavy atom. The van der Waals surface area contributed by atoms with E-state index in [9.17, 15) is 14.7 Å². The van der Waals surface area contributed by atoms with Gasteiger partial charge in [-0.1, -0.05) is 25.0 Å². The number of amides is 1. The minimum atomic E-state index is -0.0371. The van der Waals surface area contributed by atoms with Gasteiger partial charge in [0.1, 0.15) is 0 Å². The maximum atomic E-state index is 12.9. The molecule has 142 valence electrons. The van der Waals surface area contributed by atoms with E-state index in [1.807, 2.05) is 4.90 Å². The molecule has 0 unspecified atom stereocenters. The summed E-state index contributed by atoms with van der Waals surface area (Å²) >= 11 is 0. The van der Waals surface area contributed by atoms with Crippen molar-refractivity contribution in [2.45, 2.75) is 32.6 Å². The molecule has 2 aliphatic heterocycles. The lowest BCUT2D eigenvalue weighted by Crippen LogP contribution is -2.35. The summed E-state index contributed by atoms with van der Waals surface area (Å²) in [6, 6.07) is 6.95. The first-order valence-corrected chi connectivity index (χ1v) is 9.82. The SMILES string of the molecule is CC(=O)c1cccc(C(=O)N2C[C@@H](CN3CCCCCC3)[C@@H](CO)C2)c1. The zero-order chi connectivity index (χ0) is 18.5. The summed E-state index contributed by atoms with van der Waals surface area (Å²) in [4.78, 5) is 28.8. The van der Waals surface area contributed by atoms with E-state index < -0.39 is 0 Å². The van der Waals surface area contributed by atoms with Crippen molar-refractivity contribution >= 4 is 11.7 Å². The summed E-state index contributed by atoms with van der Waals surface area (Å²) in [6.07, 6.45) is 5.11. The number of benzene rings is 1. The van der Waals surface area contributed by atoms with Crippen molar-refractivity contribution in [3.63, 3.8) is 0 Å². The Morgan fingerprint density at radius 3 is 2.35 bits per heavy atom. The Bertz CT molecular complexity index is 638. The molecule has 0 bridgehead atoms. The van der Waals surface area contributed by atoms with E-state index in [1.54, 1.807) is 24.3 Å². The fourth-order valence-electron chi connectivity index (χ4n) is 4.22. The van der Waals surface area contributed by atoms with Crippen LogP contribution in [-0.2, 0) is 0 Å². The predicted octanol–water partition coefficient (Wildman–Crippen LogP) is 2.45. The van der Waals surface area contributed by atoms with E-state index in [-0.39, 0.29) is 24.2 Å². The number of aliphatic hydroxyl groups excluding tert-OH is 1. The van der Waals surface area contributed by atoms with Crippen LogP contribution in [-0.4, -0.2) is 65.9 Å².